The highest BCUT2D eigenvalue weighted by Crippen LogP contribution is 2.43. The quantitative estimate of drug-likeness (QED) is 0.913. The number of benzene rings is 1. The zero-order chi connectivity index (χ0) is 11.1. The van der Waals surface area contributed by atoms with Crippen molar-refractivity contribution in [3.05, 3.63) is 40.0 Å². The number of nitrogens with zero attached hydrogens (tertiary/aromatic N) is 1. The Kier molecular flexibility index (Phi) is 2.45. The van der Waals surface area contributed by atoms with E-state index in [-0.39, 0.29) is 6.61 Å². The lowest BCUT2D eigenvalue weighted by Gasteiger charge is -2.11. The third-order valence-electron chi connectivity index (χ3n) is 3.08. The van der Waals surface area contributed by atoms with Gasteiger partial charge in [0.05, 0.1) is 17.8 Å². The third kappa shape index (κ3) is 1.55. The van der Waals surface area contributed by atoms with Crippen molar-refractivity contribution in [1.29, 1.82) is 0 Å². The van der Waals surface area contributed by atoms with E-state index >= 15 is 0 Å². The van der Waals surface area contributed by atoms with Gasteiger partial charge in [0.2, 0.25) is 0 Å². The van der Waals surface area contributed by atoms with Crippen LogP contribution < -0.4 is 0 Å². The number of rotatable bonds is 2. The summed E-state index contributed by atoms with van der Waals surface area (Å²) < 4.78 is 1.00. The summed E-state index contributed by atoms with van der Waals surface area (Å²) in [6.45, 7) is 0.0598. The topological polar surface area (TPSA) is 33.1 Å². The van der Waals surface area contributed by atoms with Gasteiger partial charge < -0.3 is 5.11 Å². The average Bonchev–Trinajstić information content (AvgIpc) is 3.13. The zero-order valence-electron chi connectivity index (χ0n) is 8.78. The van der Waals surface area contributed by atoms with Gasteiger partial charge in [-0.25, -0.2) is 0 Å². The molecule has 1 aromatic heterocycles. The van der Waals surface area contributed by atoms with Crippen LogP contribution in [0, 0.1) is 0 Å². The van der Waals surface area contributed by atoms with Crippen LogP contribution in [0.2, 0.25) is 0 Å². The predicted octanol–water partition coefficient (Wildman–Crippen LogP) is 3.37. The fourth-order valence-corrected chi connectivity index (χ4v) is 2.74. The van der Waals surface area contributed by atoms with Crippen molar-refractivity contribution in [2.45, 2.75) is 25.4 Å². The molecule has 0 radical (unpaired) electrons. The number of halogens is 1. The van der Waals surface area contributed by atoms with Crippen molar-refractivity contribution < 1.29 is 5.11 Å². The monoisotopic (exact) mass is 277 g/mol. The zero-order valence-corrected chi connectivity index (χ0v) is 10.4. The van der Waals surface area contributed by atoms with Crippen LogP contribution >= 0.6 is 15.9 Å². The van der Waals surface area contributed by atoms with Gasteiger partial charge in [-0.15, -0.1) is 0 Å². The Balaban J connectivity index is 2.32. The Labute approximate surface area is 102 Å². The molecule has 0 aliphatic heterocycles. The lowest BCUT2D eigenvalue weighted by Crippen LogP contribution is -1.99. The van der Waals surface area contributed by atoms with E-state index in [4.69, 9.17) is 0 Å². The molecule has 3 rings (SSSR count). The van der Waals surface area contributed by atoms with Crippen molar-refractivity contribution >= 4 is 26.8 Å². The molecule has 1 fully saturated rings. The van der Waals surface area contributed by atoms with Crippen molar-refractivity contribution in [2.24, 2.45) is 0 Å². The first-order chi connectivity index (χ1) is 7.81. The smallest absolute Gasteiger partial charge is 0.0717 e. The first kappa shape index (κ1) is 10.2. The van der Waals surface area contributed by atoms with Crippen LogP contribution in [0.3, 0.4) is 0 Å². The second-order valence-electron chi connectivity index (χ2n) is 4.24. The Morgan fingerprint density at radius 2 is 2.06 bits per heavy atom. The third-order valence-corrected chi connectivity index (χ3v) is 3.98. The molecule has 1 N–H and O–H groups in total. The van der Waals surface area contributed by atoms with Gasteiger partial charge in [-0.1, -0.05) is 18.2 Å². The first-order valence-electron chi connectivity index (χ1n) is 5.49. The molecular weight excluding hydrogens is 266 g/mol. The summed E-state index contributed by atoms with van der Waals surface area (Å²) in [5.41, 5.74) is 3.04. The largest absolute Gasteiger partial charge is 0.392 e. The van der Waals surface area contributed by atoms with Gasteiger partial charge in [0, 0.05) is 21.3 Å². The molecule has 16 heavy (non-hydrogen) atoms. The molecule has 3 heteroatoms. The summed E-state index contributed by atoms with van der Waals surface area (Å²) in [5.74, 6) is 0.558. The molecule has 1 aromatic carbocycles. The fourth-order valence-electron chi connectivity index (χ4n) is 2.07. The van der Waals surface area contributed by atoms with E-state index in [2.05, 4.69) is 20.9 Å². The van der Waals surface area contributed by atoms with E-state index in [0.717, 1.165) is 26.6 Å². The molecule has 0 saturated heterocycles. The van der Waals surface area contributed by atoms with Crippen molar-refractivity contribution in [3.8, 4) is 0 Å². The van der Waals surface area contributed by atoms with E-state index in [0.29, 0.717) is 5.92 Å². The SMILES string of the molecule is OCc1c(C2CC2)nc2ccccc2c1Br. The summed E-state index contributed by atoms with van der Waals surface area (Å²) in [5, 5.41) is 10.5. The van der Waals surface area contributed by atoms with Gasteiger partial charge in [0.25, 0.3) is 0 Å². The maximum absolute atomic E-state index is 9.47. The van der Waals surface area contributed by atoms with E-state index in [1.54, 1.807) is 0 Å². The van der Waals surface area contributed by atoms with Crippen molar-refractivity contribution in [2.75, 3.05) is 0 Å². The maximum Gasteiger partial charge on any atom is 0.0717 e. The molecular formula is C13H12BrNO. The molecule has 1 saturated carbocycles. The van der Waals surface area contributed by atoms with Crippen LogP contribution in [0.4, 0.5) is 0 Å². The summed E-state index contributed by atoms with van der Waals surface area (Å²) >= 11 is 3.59. The molecule has 0 spiro atoms. The van der Waals surface area contributed by atoms with E-state index < -0.39 is 0 Å². The number of para-hydroxylation sites is 1. The number of aromatic nitrogens is 1. The van der Waals surface area contributed by atoms with Crippen LogP contribution in [0.1, 0.15) is 30.0 Å². The molecule has 2 nitrogen and oxygen atoms in total. The Morgan fingerprint density at radius 1 is 1.31 bits per heavy atom. The average molecular weight is 278 g/mol. The second-order valence-corrected chi connectivity index (χ2v) is 5.03. The van der Waals surface area contributed by atoms with Crippen LogP contribution in [-0.4, -0.2) is 10.1 Å². The van der Waals surface area contributed by atoms with E-state index in [1.807, 2.05) is 24.3 Å². The minimum absolute atomic E-state index is 0.0598. The molecule has 1 aliphatic carbocycles. The molecule has 0 amide bonds. The van der Waals surface area contributed by atoms with Gasteiger partial charge >= 0.3 is 0 Å². The second kappa shape index (κ2) is 3.82. The Bertz CT molecular complexity index is 549. The Morgan fingerprint density at radius 3 is 2.75 bits per heavy atom. The van der Waals surface area contributed by atoms with Gasteiger partial charge in [-0.3, -0.25) is 4.98 Å². The highest BCUT2D eigenvalue weighted by molar-refractivity contribution is 9.10. The number of hydrogen-bond donors (Lipinski definition) is 1. The van der Waals surface area contributed by atoms with Crippen LogP contribution in [0.15, 0.2) is 28.7 Å². The number of fused-ring (bicyclic) bond motifs is 1. The normalized spacial score (nSPS) is 15.6. The molecule has 0 bridgehead atoms. The molecule has 1 aliphatic rings. The van der Waals surface area contributed by atoms with Crippen molar-refractivity contribution in [1.82, 2.24) is 4.98 Å². The van der Waals surface area contributed by atoms with Gasteiger partial charge in [0.1, 0.15) is 0 Å². The van der Waals surface area contributed by atoms with Gasteiger partial charge in [-0.2, -0.15) is 0 Å². The van der Waals surface area contributed by atoms with E-state index in [9.17, 15) is 5.11 Å². The summed E-state index contributed by atoms with van der Waals surface area (Å²) in [6.07, 6.45) is 2.40. The minimum atomic E-state index is 0.0598. The Hall–Kier alpha value is -0.930. The molecule has 0 atom stereocenters. The molecule has 2 aromatic rings. The number of aliphatic hydroxyl groups is 1. The predicted molar refractivity (Wildman–Crippen MR) is 67.3 cm³/mol. The highest BCUT2D eigenvalue weighted by atomic mass is 79.9. The van der Waals surface area contributed by atoms with Gasteiger partial charge in [0.15, 0.2) is 0 Å². The maximum atomic E-state index is 9.47. The standard InChI is InChI=1S/C13H12BrNO/c14-12-9-3-1-2-4-11(9)15-13(8-5-6-8)10(12)7-16/h1-4,8,16H,5-7H2. The lowest BCUT2D eigenvalue weighted by atomic mass is 10.1. The van der Waals surface area contributed by atoms with Crippen LogP contribution in [-0.2, 0) is 6.61 Å². The number of hydrogen-bond acceptors (Lipinski definition) is 2. The van der Waals surface area contributed by atoms with Crippen LogP contribution in [0.5, 0.6) is 0 Å². The molecule has 0 unspecified atom stereocenters. The van der Waals surface area contributed by atoms with Gasteiger partial charge in [-0.05, 0) is 34.8 Å². The number of aliphatic hydroxyl groups excluding tert-OH is 1. The highest BCUT2D eigenvalue weighted by Gasteiger charge is 2.29. The summed E-state index contributed by atoms with van der Waals surface area (Å²) in [4.78, 5) is 4.68. The summed E-state index contributed by atoms with van der Waals surface area (Å²) in [6, 6.07) is 8.04. The summed E-state index contributed by atoms with van der Waals surface area (Å²) in [7, 11) is 0. The molecule has 1 heterocycles. The lowest BCUT2D eigenvalue weighted by molar-refractivity contribution is 0.279. The first-order valence-corrected chi connectivity index (χ1v) is 6.28. The number of pyridine rings is 1. The van der Waals surface area contributed by atoms with Crippen molar-refractivity contribution in [3.63, 3.8) is 0 Å². The minimum Gasteiger partial charge on any atom is -0.392 e. The molecule has 82 valence electrons. The van der Waals surface area contributed by atoms with E-state index in [1.165, 1.54) is 12.8 Å². The fraction of sp³-hybridized carbons (Fsp3) is 0.308. The van der Waals surface area contributed by atoms with Crippen LogP contribution in [0.25, 0.3) is 10.9 Å².